The van der Waals surface area contributed by atoms with Crippen LogP contribution in [0.15, 0.2) is 66.2 Å². The van der Waals surface area contributed by atoms with Crippen LogP contribution in [0.4, 0.5) is 0 Å². The van der Waals surface area contributed by atoms with Gasteiger partial charge in [-0.1, -0.05) is 118 Å². The molecule has 0 aromatic heterocycles. The predicted molar refractivity (Wildman–Crippen MR) is 131 cm³/mol. The Kier molecular flexibility index (Phi) is 5.50. The summed E-state index contributed by atoms with van der Waals surface area (Å²) < 4.78 is 0. The molecule has 0 aliphatic heterocycles. The second-order valence-electron chi connectivity index (χ2n) is 9.99. The maximum Gasteiger partial charge on any atom is -0.00574 e. The van der Waals surface area contributed by atoms with Crippen molar-refractivity contribution in [3.05, 3.63) is 77.4 Å². The highest BCUT2D eigenvalue weighted by Crippen LogP contribution is 2.43. The third-order valence-electron chi connectivity index (χ3n) is 7.51. The highest BCUT2D eigenvalue weighted by Gasteiger charge is 2.28. The molecule has 0 radical (unpaired) electrons. The van der Waals surface area contributed by atoms with Crippen molar-refractivity contribution < 1.29 is 0 Å². The van der Waals surface area contributed by atoms with Gasteiger partial charge in [0.05, 0.1) is 0 Å². The van der Waals surface area contributed by atoms with E-state index in [0.717, 1.165) is 6.42 Å². The summed E-state index contributed by atoms with van der Waals surface area (Å²) in [7, 11) is 0. The van der Waals surface area contributed by atoms with E-state index in [0.29, 0.717) is 5.41 Å². The van der Waals surface area contributed by atoms with E-state index in [4.69, 9.17) is 0 Å². The largest absolute Gasteiger partial charge is 0.0646 e. The van der Waals surface area contributed by atoms with E-state index in [1.165, 1.54) is 90.8 Å². The van der Waals surface area contributed by atoms with Crippen LogP contribution >= 0.6 is 0 Å². The molecule has 1 fully saturated rings. The van der Waals surface area contributed by atoms with Crippen LogP contribution in [0.25, 0.3) is 28.0 Å². The molecule has 0 heterocycles. The fourth-order valence-corrected chi connectivity index (χ4v) is 5.91. The molecule has 0 N–H and O–H groups in total. The van der Waals surface area contributed by atoms with E-state index in [9.17, 15) is 0 Å². The average molecular weight is 395 g/mol. The van der Waals surface area contributed by atoms with Crippen LogP contribution in [0.1, 0.15) is 75.8 Å². The minimum Gasteiger partial charge on any atom is -0.0646 e. The summed E-state index contributed by atoms with van der Waals surface area (Å²) in [6.45, 7) is 2.56. The molecular formula is C30H34. The van der Waals surface area contributed by atoms with Crippen molar-refractivity contribution in [1.82, 2.24) is 0 Å². The van der Waals surface area contributed by atoms with Crippen molar-refractivity contribution in [2.45, 2.75) is 71.1 Å². The minimum absolute atomic E-state index is 0.484. The van der Waals surface area contributed by atoms with E-state index in [-0.39, 0.29) is 0 Å². The van der Waals surface area contributed by atoms with Crippen molar-refractivity contribution in [2.75, 3.05) is 0 Å². The van der Waals surface area contributed by atoms with Gasteiger partial charge in [-0.3, -0.25) is 0 Å². The Bertz CT molecular complexity index is 1050. The number of benzene rings is 3. The number of allylic oxidation sites excluding steroid dienone is 1. The highest BCUT2D eigenvalue weighted by molar-refractivity contribution is 5.99. The van der Waals surface area contributed by atoms with Crippen LogP contribution in [-0.2, 0) is 6.42 Å². The molecule has 2 aliphatic carbocycles. The lowest BCUT2D eigenvalue weighted by atomic mass is 9.75. The molecule has 5 rings (SSSR count). The van der Waals surface area contributed by atoms with E-state index in [1.54, 1.807) is 5.57 Å². The molecule has 154 valence electrons. The summed E-state index contributed by atoms with van der Waals surface area (Å²) in [5.74, 6) is 0. The predicted octanol–water partition coefficient (Wildman–Crippen LogP) is 8.98. The lowest BCUT2D eigenvalue weighted by Gasteiger charge is -2.30. The summed E-state index contributed by atoms with van der Waals surface area (Å²) in [4.78, 5) is 0. The first-order chi connectivity index (χ1) is 14.7. The standard InChI is InChI=1S/C30H34/c1-30(18-8-4-2-3-5-9-19-30)22-23-20-25-14-11-17-28(29(25)21-23)27-16-10-13-24-12-6-7-15-26(24)27/h6-7,10-17,21H,2-5,8-9,18-20,22H2,1H3. The molecule has 0 nitrogen and oxygen atoms in total. The van der Waals surface area contributed by atoms with Gasteiger partial charge >= 0.3 is 0 Å². The molecule has 1 saturated carbocycles. The van der Waals surface area contributed by atoms with E-state index < -0.39 is 0 Å². The van der Waals surface area contributed by atoms with Crippen LogP contribution in [-0.4, -0.2) is 0 Å². The average Bonchev–Trinajstić information content (AvgIpc) is 3.20. The van der Waals surface area contributed by atoms with Crippen molar-refractivity contribution in [3.8, 4) is 11.1 Å². The lowest BCUT2D eigenvalue weighted by molar-refractivity contribution is 0.256. The fraction of sp³-hybridized carbons (Fsp3) is 0.400. The quantitative estimate of drug-likeness (QED) is 0.416. The molecule has 30 heavy (non-hydrogen) atoms. The van der Waals surface area contributed by atoms with Crippen LogP contribution in [0.5, 0.6) is 0 Å². The molecule has 2 aliphatic rings. The Morgan fingerprint density at radius 2 is 1.37 bits per heavy atom. The molecular weight excluding hydrogens is 360 g/mol. The van der Waals surface area contributed by atoms with Gasteiger partial charge in [-0.25, -0.2) is 0 Å². The second kappa shape index (κ2) is 8.42. The summed E-state index contributed by atoms with van der Waals surface area (Å²) in [6, 6.07) is 22.4. The lowest BCUT2D eigenvalue weighted by Crippen LogP contribution is -2.17. The molecule has 3 aromatic carbocycles. The SMILES string of the molecule is CC1(CC2=Cc3c(cccc3-c3cccc4ccccc34)C2)CCCCCCCC1. The molecule has 0 amide bonds. The van der Waals surface area contributed by atoms with Gasteiger partial charge in [0.15, 0.2) is 0 Å². The summed E-state index contributed by atoms with van der Waals surface area (Å²) in [5, 5.41) is 2.69. The Hall–Kier alpha value is -2.34. The number of hydrogen-bond donors (Lipinski definition) is 0. The smallest absolute Gasteiger partial charge is 0.00574 e. The first kappa shape index (κ1) is 19.6. The Balaban J connectivity index is 1.47. The number of hydrogen-bond acceptors (Lipinski definition) is 0. The molecule has 0 spiro atoms. The first-order valence-electron chi connectivity index (χ1n) is 12.0. The molecule has 0 saturated heterocycles. The Morgan fingerprint density at radius 1 is 0.700 bits per heavy atom. The van der Waals surface area contributed by atoms with Crippen LogP contribution in [0.3, 0.4) is 0 Å². The van der Waals surface area contributed by atoms with Gasteiger partial charge in [0, 0.05) is 0 Å². The zero-order valence-electron chi connectivity index (χ0n) is 18.4. The monoisotopic (exact) mass is 394 g/mol. The maximum atomic E-state index is 2.56. The number of fused-ring (bicyclic) bond motifs is 2. The first-order valence-corrected chi connectivity index (χ1v) is 12.0. The third-order valence-corrected chi connectivity index (χ3v) is 7.51. The van der Waals surface area contributed by atoms with Crippen LogP contribution in [0.2, 0.25) is 0 Å². The summed E-state index contributed by atoms with van der Waals surface area (Å²) in [6.07, 6.45) is 16.3. The van der Waals surface area contributed by atoms with Crippen molar-refractivity contribution >= 4 is 16.8 Å². The van der Waals surface area contributed by atoms with Crippen molar-refractivity contribution in [3.63, 3.8) is 0 Å². The second-order valence-corrected chi connectivity index (χ2v) is 9.99. The van der Waals surface area contributed by atoms with Crippen LogP contribution < -0.4 is 0 Å². The summed E-state index contributed by atoms with van der Waals surface area (Å²) >= 11 is 0. The van der Waals surface area contributed by atoms with Gasteiger partial charge in [-0.05, 0) is 64.1 Å². The van der Waals surface area contributed by atoms with Gasteiger partial charge in [-0.2, -0.15) is 0 Å². The van der Waals surface area contributed by atoms with E-state index in [2.05, 4.69) is 73.7 Å². The third kappa shape index (κ3) is 3.97. The summed E-state index contributed by atoms with van der Waals surface area (Å²) in [5.41, 5.74) is 7.89. The van der Waals surface area contributed by atoms with E-state index in [1.807, 2.05) is 0 Å². The van der Waals surface area contributed by atoms with E-state index >= 15 is 0 Å². The molecule has 3 aromatic rings. The Labute approximate surface area is 182 Å². The highest BCUT2D eigenvalue weighted by atomic mass is 14.3. The zero-order chi connectivity index (χ0) is 20.4. The molecule has 0 heteroatoms. The zero-order valence-corrected chi connectivity index (χ0v) is 18.4. The van der Waals surface area contributed by atoms with Gasteiger partial charge in [0.25, 0.3) is 0 Å². The molecule has 0 unspecified atom stereocenters. The fourth-order valence-electron chi connectivity index (χ4n) is 5.91. The van der Waals surface area contributed by atoms with Gasteiger partial charge in [0.2, 0.25) is 0 Å². The number of rotatable bonds is 3. The van der Waals surface area contributed by atoms with Gasteiger partial charge in [0.1, 0.15) is 0 Å². The molecule has 0 bridgehead atoms. The molecule has 0 atom stereocenters. The maximum absolute atomic E-state index is 2.56. The minimum atomic E-state index is 0.484. The normalized spacial score (nSPS) is 18.9. The van der Waals surface area contributed by atoms with Crippen molar-refractivity contribution in [2.24, 2.45) is 5.41 Å². The topological polar surface area (TPSA) is 0 Å². The Morgan fingerprint density at radius 3 is 2.20 bits per heavy atom. The van der Waals surface area contributed by atoms with Gasteiger partial charge < -0.3 is 0 Å². The van der Waals surface area contributed by atoms with Crippen LogP contribution in [0, 0.1) is 5.41 Å². The van der Waals surface area contributed by atoms with Crippen molar-refractivity contribution in [1.29, 1.82) is 0 Å². The van der Waals surface area contributed by atoms with Gasteiger partial charge in [-0.15, -0.1) is 0 Å².